The molecule has 1 amide bonds. The number of benzene rings is 2. The number of rotatable bonds is 7. The molecule has 0 saturated heterocycles. The van der Waals surface area contributed by atoms with Gasteiger partial charge in [-0.25, -0.2) is 13.8 Å². The van der Waals surface area contributed by atoms with Gasteiger partial charge in [0.15, 0.2) is 5.13 Å². The first-order valence-electron chi connectivity index (χ1n) is 9.40. The van der Waals surface area contributed by atoms with Crippen molar-refractivity contribution in [3.63, 3.8) is 0 Å². The molecule has 0 aliphatic heterocycles. The number of nitrogens with zero attached hydrogens (tertiary/aromatic N) is 3. The van der Waals surface area contributed by atoms with E-state index in [0.29, 0.717) is 23.2 Å². The monoisotopic (exact) mass is 437 g/mol. The number of hydrogen-bond acceptors (Lipinski definition) is 4. The molecule has 0 atom stereocenters. The zero-order chi connectivity index (χ0) is 21.1. The number of carbonyl (C=O) groups is 1. The zero-order valence-corrected chi connectivity index (χ0v) is 18.1. The zero-order valence-electron chi connectivity index (χ0n) is 16.5. The molecule has 0 unspecified atom stereocenters. The van der Waals surface area contributed by atoms with E-state index in [1.165, 1.54) is 22.3 Å². The van der Waals surface area contributed by atoms with Gasteiger partial charge in [-0.3, -0.25) is 9.69 Å². The topological polar surface area (TPSA) is 36.4 Å². The molecule has 29 heavy (non-hydrogen) atoms. The summed E-state index contributed by atoms with van der Waals surface area (Å²) in [6, 6.07) is 6.63. The van der Waals surface area contributed by atoms with E-state index in [9.17, 15) is 13.6 Å². The molecule has 4 nitrogen and oxygen atoms in total. The summed E-state index contributed by atoms with van der Waals surface area (Å²) in [6.07, 6.45) is 0. The number of fused-ring (bicyclic) bond motifs is 1. The van der Waals surface area contributed by atoms with Gasteiger partial charge in [0.1, 0.15) is 11.6 Å². The predicted octanol–water partition coefficient (Wildman–Crippen LogP) is 5.52. The Morgan fingerprint density at radius 3 is 2.48 bits per heavy atom. The van der Waals surface area contributed by atoms with Crippen LogP contribution in [0.1, 0.15) is 29.8 Å². The number of amides is 1. The maximum atomic E-state index is 14.3. The van der Waals surface area contributed by atoms with Gasteiger partial charge in [0.05, 0.1) is 20.8 Å². The van der Waals surface area contributed by atoms with Crippen LogP contribution in [0.15, 0.2) is 30.3 Å². The second-order valence-electron chi connectivity index (χ2n) is 6.65. The number of thiazole rings is 1. The Morgan fingerprint density at radius 1 is 1.14 bits per heavy atom. The van der Waals surface area contributed by atoms with Crippen LogP contribution in [0.5, 0.6) is 0 Å². The summed E-state index contributed by atoms with van der Waals surface area (Å²) in [5, 5.41) is 0.996. The molecule has 0 bridgehead atoms. The average molecular weight is 438 g/mol. The molecule has 0 fully saturated rings. The van der Waals surface area contributed by atoms with Crippen molar-refractivity contribution in [3.8, 4) is 0 Å². The molecular weight excluding hydrogens is 416 g/mol. The summed E-state index contributed by atoms with van der Waals surface area (Å²) >= 11 is 7.61. The summed E-state index contributed by atoms with van der Waals surface area (Å²) in [4.78, 5) is 21.4. The van der Waals surface area contributed by atoms with Crippen molar-refractivity contribution in [3.05, 3.63) is 58.1 Å². The van der Waals surface area contributed by atoms with Gasteiger partial charge in [-0.2, -0.15) is 0 Å². The summed E-state index contributed by atoms with van der Waals surface area (Å²) in [5.74, 6) is -2.17. The molecule has 0 saturated carbocycles. The van der Waals surface area contributed by atoms with Gasteiger partial charge < -0.3 is 4.90 Å². The van der Waals surface area contributed by atoms with Crippen LogP contribution < -0.4 is 4.90 Å². The molecule has 154 valence electrons. The molecule has 0 spiro atoms. The van der Waals surface area contributed by atoms with Crippen LogP contribution >= 0.6 is 22.9 Å². The first kappa shape index (κ1) is 21.6. The predicted molar refractivity (Wildman–Crippen MR) is 115 cm³/mol. The Kier molecular flexibility index (Phi) is 6.82. The largest absolute Gasteiger partial charge is 0.302 e. The summed E-state index contributed by atoms with van der Waals surface area (Å²) in [5.41, 5.74) is 1.47. The molecule has 1 heterocycles. The van der Waals surface area contributed by atoms with E-state index >= 15 is 0 Å². The Bertz CT molecular complexity index is 997. The Balaban J connectivity index is 2.04. The third kappa shape index (κ3) is 4.57. The van der Waals surface area contributed by atoms with E-state index in [1.54, 1.807) is 6.07 Å². The normalized spacial score (nSPS) is 11.4. The summed E-state index contributed by atoms with van der Waals surface area (Å²) in [7, 11) is 0. The lowest BCUT2D eigenvalue weighted by molar-refractivity contribution is 0.0980. The molecule has 8 heteroatoms. The minimum Gasteiger partial charge on any atom is -0.302 e. The van der Waals surface area contributed by atoms with Crippen LogP contribution in [0.25, 0.3) is 10.2 Å². The van der Waals surface area contributed by atoms with Crippen molar-refractivity contribution in [2.75, 3.05) is 31.1 Å². The Hall–Kier alpha value is -2.09. The van der Waals surface area contributed by atoms with E-state index in [4.69, 9.17) is 11.6 Å². The third-order valence-corrected chi connectivity index (χ3v) is 6.40. The maximum Gasteiger partial charge on any atom is 0.263 e. The Morgan fingerprint density at radius 2 is 1.86 bits per heavy atom. The van der Waals surface area contributed by atoms with Gasteiger partial charge in [-0.1, -0.05) is 42.9 Å². The van der Waals surface area contributed by atoms with Crippen LogP contribution in [0.4, 0.5) is 13.9 Å². The van der Waals surface area contributed by atoms with Crippen molar-refractivity contribution < 1.29 is 13.6 Å². The molecule has 0 aliphatic rings. The summed E-state index contributed by atoms with van der Waals surface area (Å²) < 4.78 is 28.4. The van der Waals surface area contributed by atoms with Crippen LogP contribution in [0.3, 0.4) is 0 Å². The van der Waals surface area contributed by atoms with Crippen LogP contribution in [0, 0.1) is 18.6 Å². The Labute approximate surface area is 177 Å². The number of likely N-dealkylation sites (N-methyl/N-ethyl adjacent to an activating group) is 1. The van der Waals surface area contributed by atoms with Gasteiger partial charge in [0.25, 0.3) is 5.91 Å². The quantitative estimate of drug-likeness (QED) is 0.488. The van der Waals surface area contributed by atoms with Gasteiger partial charge in [0, 0.05) is 19.2 Å². The lowest BCUT2D eigenvalue weighted by Crippen LogP contribution is -2.39. The standard InChI is InChI=1S/C21H22ClF2N3OS/c1-4-26(5-2)10-11-27(20(28)15-8-7-14(23)12-17(15)24)21-25-18-13(3)6-9-16(22)19(18)29-21/h6-9,12H,4-5,10-11H2,1-3H3. The average Bonchev–Trinajstić information content (AvgIpc) is 3.14. The minimum absolute atomic E-state index is 0.187. The smallest absolute Gasteiger partial charge is 0.263 e. The van der Waals surface area contributed by atoms with Crippen molar-refractivity contribution in [1.82, 2.24) is 9.88 Å². The minimum atomic E-state index is -0.891. The van der Waals surface area contributed by atoms with Gasteiger partial charge in [-0.05, 0) is 43.8 Å². The van der Waals surface area contributed by atoms with E-state index in [0.717, 1.165) is 41.0 Å². The highest BCUT2D eigenvalue weighted by atomic mass is 35.5. The van der Waals surface area contributed by atoms with Crippen molar-refractivity contribution in [1.29, 1.82) is 0 Å². The fourth-order valence-electron chi connectivity index (χ4n) is 3.08. The van der Waals surface area contributed by atoms with Crippen molar-refractivity contribution in [2.45, 2.75) is 20.8 Å². The molecule has 0 aliphatic carbocycles. The maximum absolute atomic E-state index is 14.3. The first-order chi connectivity index (χ1) is 13.8. The molecule has 2 aromatic carbocycles. The van der Waals surface area contributed by atoms with E-state index in [1.807, 2.05) is 26.8 Å². The van der Waals surface area contributed by atoms with E-state index < -0.39 is 17.5 Å². The van der Waals surface area contributed by atoms with Crippen LogP contribution in [-0.2, 0) is 0 Å². The highest BCUT2D eigenvalue weighted by Gasteiger charge is 2.25. The first-order valence-corrected chi connectivity index (χ1v) is 10.6. The van der Waals surface area contributed by atoms with Gasteiger partial charge >= 0.3 is 0 Å². The molecule has 1 aromatic heterocycles. The van der Waals surface area contributed by atoms with Crippen molar-refractivity contribution in [2.24, 2.45) is 0 Å². The number of aromatic nitrogens is 1. The third-order valence-electron chi connectivity index (χ3n) is 4.86. The van der Waals surface area contributed by atoms with Gasteiger partial charge in [-0.15, -0.1) is 0 Å². The highest BCUT2D eigenvalue weighted by Crippen LogP contribution is 2.36. The van der Waals surface area contributed by atoms with Gasteiger partial charge in [0.2, 0.25) is 0 Å². The van der Waals surface area contributed by atoms with Crippen LogP contribution in [-0.4, -0.2) is 42.0 Å². The van der Waals surface area contributed by atoms with E-state index in [-0.39, 0.29) is 5.56 Å². The lowest BCUT2D eigenvalue weighted by atomic mass is 10.2. The highest BCUT2D eigenvalue weighted by molar-refractivity contribution is 7.23. The van der Waals surface area contributed by atoms with Crippen molar-refractivity contribution >= 4 is 44.2 Å². The number of aryl methyl sites for hydroxylation is 1. The summed E-state index contributed by atoms with van der Waals surface area (Å²) in [6.45, 7) is 8.58. The van der Waals surface area contributed by atoms with E-state index in [2.05, 4.69) is 9.88 Å². The molecule has 3 aromatic rings. The second kappa shape index (κ2) is 9.15. The second-order valence-corrected chi connectivity index (χ2v) is 8.03. The molecule has 3 rings (SSSR count). The number of carbonyl (C=O) groups excluding carboxylic acids is 1. The molecular formula is C21H22ClF2N3OS. The number of anilines is 1. The fourth-order valence-corrected chi connectivity index (χ4v) is 4.42. The fraction of sp³-hybridized carbons (Fsp3) is 0.333. The lowest BCUT2D eigenvalue weighted by Gasteiger charge is -2.24. The van der Waals surface area contributed by atoms with Crippen LogP contribution in [0.2, 0.25) is 5.02 Å². The SMILES string of the molecule is CCN(CC)CCN(C(=O)c1ccc(F)cc1F)c1nc2c(C)ccc(Cl)c2s1. The molecule has 0 N–H and O–H groups in total. The molecule has 0 radical (unpaired) electrons. The number of halogens is 3. The number of hydrogen-bond donors (Lipinski definition) is 0.